The van der Waals surface area contributed by atoms with Gasteiger partial charge < -0.3 is 9.72 Å². The van der Waals surface area contributed by atoms with Crippen molar-refractivity contribution >= 4 is 16.9 Å². The zero-order valence-electron chi connectivity index (χ0n) is 14.8. The Kier molecular flexibility index (Phi) is 3.17. The van der Waals surface area contributed by atoms with Gasteiger partial charge in [0.25, 0.3) is 0 Å². The Balaban J connectivity index is 1.84. The summed E-state index contributed by atoms with van der Waals surface area (Å²) in [6.45, 7) is 4.22. The molecule has 1 aromatic carbocycles. The maximum Gasteiger partial charge on any atom is 0.319 e. The van der Waals surface area contributed by atoms with Gasteiger partial charge in [-0.15, -0.1) is 0 Å². The minimum absolute atomic E-state index is 0.0824. The molecule has 0 amide bonds. The summed E-state index contributed by atoms with van der Waals surface area (Å²) >= 11 is 0. The first kappa shape index (κ1) is 15.2. The van der Waals surface area contributed by atoms with Gasteiger partial charge >= 0.3 is 5.97 Å². The molecule has 3 fully saturated rings. The van der Waals surface area contributed by atoms with Crippen LogP contribution in [-0.4, -0.2) is 42.1 Å². The lowest BCUT2D eigenvalue weighted by Crippen LogP contribution is -2.65. The summed E-state index contributed by atoms with van der Waals surface area (Å²) in [6.07, 6.45) is 5.22. The molecule has 0 radical (unpaired) electrons. The number of benzene rings is 1. The fourth-order valence-electron chi connectivity index (χ4n) is 5.82. The number of hydrogen-bond acceptors (Lipinski definition) is 3. The molecule has 4 aliphatic rings. The van der Waals surface area contributed by atoms with Crippen molar-refractivity contribution in [3.63, 3.8) is 0 Å². The quantitative estimate of drug-likeness (QED) is 0.643. The number of allylic oxidation sites excluding steroid dienone is 1. The highest BCUT2D eigenvalue weighted by molar-refractivity contribution is 5.92. The Morgan fingerprint density at radius 1 is 1.40 bits per heavy atom. The van der Waals surface area contributed by atoms with Crippen molar-refractivity contribution in [3.05, 3.63) is 47.2 Å². The fraction of sp³-hybridized carbons (Fsp3) is 0.476. The highest BCUT2D eigenvalue weighted by Gasteiger charge is 2.61. The lowest BCUT2D eigenvalue weighted by molar-refractivity contribution is -0.155. The van der Waals surface area contributed by atoms with Gasteiger partial charge in [0.05, 0.1) is 13.2 Å². The van der Waals surface area contributed by atoms with Crippen LogP contribution in [0.5, 0.6) is 0 Å². The zero-order valence-corrected chi connectivity index (χ0v) is 14.8. The van der Waals surface area contributed by atoms with Gasteiger partial charge in [-0.1, -0.05) is 29.8 Å². The molecule has 6 rings (SSSR count). The number of methoxy groups -OCH3 is 1. The van der Waals surface area contributed by atoms with E-state index in [4.69, 9.17) is 4.74 Å². The number of hydrogen-bond donors (Lipinski definition) is 1. The lowest BCUT2D eigenvalue weighted by atomic mass is 9.59. The number of nitrogens with one attached hydrogen (secondary N) is 1. The number of fused-ring (bicyclic) bond motifs is 4. The zero-order chi connectivity index (χ0) is 17.2. The molecule has 1 aromatic heterocycles. The SMILES string of the molecule is C/C=C1\C[C@@H]2CN3CCc4c([nH]c5ccccc45)[C@@](C(=O)OC)(C2)[C@@H]13. The molecule has 2 aromatic rings. The van der Waals surface area contributed by atoms with E-state index in [0.717, 1.165) is 43.6 Å². The van der Waals surface area contributed by atoms with Gasteiger partial charge in [0, 0.05) is 29.7 Å². The minimum Gasteiger partial charge on any atom is -0.468 e. The van der Waals surface area contributed by atoms with Gasteiger partial charge in [0.15, 0.2) is 0 Å². The topological polar surface area (TPSA) is 45.3 Å². The van der Waals surface area contributed by atoms with Crippen LogP contribution in [0.2, 0.25) is 0 Å². The van der Waals surface area contributed by atoms with E-state index >= 15 is 0 Å². The predicted molar refractivity (Wildman–Crippen MR) is 97.5 cm³/mol. The summed E-state index contributed by atoms with van der Waals surface area (Å²) < 4.78 is 5.41. The molecule has 2 saturated heterocycles. The largest absolute Gasteiger partial charge is 0.468 e. The summed E-state index contributed by atoms with van der Waals surface area (Å²) in [5, 5.41) is 1.26. The van der Waals surface area contributed by atoms with Crippen molar-refractivity contribution in [2.24, 2.45) is 5.92 Å². The first-order valence-corrected chi connectivity index (χ1v) is 9.26. The number of aromatic nitrogens is 1. The molecule has 130 valence electrons. The third kappa shape index (κ3) is 1.83. The van der Waals surface area contributed by atoms with Gasteiger partial charge in [0.1, 0.15) is 5.41 Å². The van der Waals surface area contributed by atoms with Gasteiger partial charge in [0.2, 0.25) is 0 Å². The first-order chi connectivity index (χ1) is 12.2. The van der Waals surface area contributed by atoms with Gasteiger partial charge in [-0.05, 0) is 43.7 Å². The molecule has 1 N–H and O–H groups in total. The van der Waals surface area contributed by atoms with Gasteiger partial charge in [-0.2, -0.15) is 0 Å². The summed E-state index contributed by atoms with van der Waals surface area (Å²) in [7, 11) is 1.53. The van der Waals surface area contributed by atoms with E-state index in [0.29, 0.717) is 5.92 Å². The molecular weight excluding hydrogens is 312 g/mol. The normalized spacial score (nSPS) is 34.8. The molecule has 4 nitrogen and oxygen atoms in total. The summed E-state index contributed by atoms with van der Waals surface area (Å²) in [5.74, 6) is 0.439. The minimum atomic E-state index is -0.595. The molecule has 4 heteroatoms. The maximum absolute atomic E-state index is 13.2. The average Bonchev–Trinajstić information content (AvgIpc) is 3.00. The number of piperidine rings is 2. The standard InChI is InChI=1S/C21H24N2O2/c1-3-14-10-13-11-21(20(24)25-2)18-16(8-9-23(12-13)19(14)21)15-6-4-5-7-17(15)22-18/h3-7,13,19,22H,8-12H2,1-2H3/b14-3+/t13-,19+,21-/m0/s1. The summed E-state index contributed by atoms with van der Waals surface area (Å²) in [4.78, 5) is 19.4. The van der Waals surface area contributed by atoms with Crippen LogP contribution in [0.3, 0.4) is 0 Å². The molecule has 4 atom stereocenters. The first-order valence-electron chi connectivity index (χ1n) is 9.26. The van der Waals surface area contributed by atoms with E-state index in [1.165, 1.54) is 23.6 Å². The van der Waals surface area contributed by atoms with Crippen molar-refractivity contribution in [2.45, 2.75) is 37.6 Å². The molecule has 4 bridgehead atoms. The van der Waals surface area contributed by atoms with E-state index in [2.05, 4.69) is 47.1 Å². The highest BCUT2D eigenvalue weighted by Crippen LogP contribution is 2.54. The van der Waals surface area contributed by atoms with Gasteiger partial charge in [-0.3, -0.25) is 9.69 Å². The second kappa shape index (κ2) is 5.21. The van der Waals surface area contributed by atoms with Crippen LogP contribution in [-0.2, 0) is 21.4 Å². The second-order valence-corrected chi connectivity index (χ2v) is 7.77. The Morgan fingerprint density at radius 2 is 2.24 bits per heavy atom. The summed E-state index contributed by atoms with van der Waals surface area (Å²) in [6, 6.07) is 8.56. The molecule has 3 aliphatic heterocycles. The highest BCUT2D eigenvalue weighted by atomic mass is 16.5. The van der Waals surface area contributed by atoms with Crippen molar-refractivity contribution in [2.75, 3.05) is 20.2 Å². The number of aromatic amines is 1. The van der Waals surface area contributed by atoms with E-state index in [1.54, 1.807) is 0 Å². The number of ether oxygens (including phenoxy) is 1. The fourth-order valence-corrected chi connectivity index (χ4v) is 5.82. The van der Waals surface area contributed by atoms with E-state index in [-0.39, 0.29) is 12.0 Å². The Labute approximate surface area is 147 Å². The van der Waals surface area contributed by atoms with Crippen molar-refractivity contribution in [3.8, 4) is 0 Å². The smallest absolute Gasteiger partial charge is 0.319 e. The molecule has 1 aliphatic carbocycles. The number of H-pyrrole nitrogens is 1. The van der Waals surface area contributed by atoms with Gasteiger partial charge in [-0.25, -0.2) is 0 Å². The molecule has 0 spiro atoms. The van der Waals surface area contributed by atoms with Crippen molar-refractivity contribution in [1.29, 1.82) is 0 Å². The van der Waals surface area contributed by atoms with Crippen LogP contribution in [0, 0.1) is 5.92 Å². The number of para-hydroxylation sites is 1. The Bertz CT molecular complexity index is 896. The third-order valence-electron chi connectivity index (χ3n) is 6.64. The number of rotatable bonds is 1. The Hall–Kier alpha value is -2.07. The van der Waals surface area contributed by atoms with Crippen LogP contribution in [0.15, 0.2) is 35.9 Å². The molecular formula is C21H24N2O2. The lowest BCUT2D eigenvalue weighted by Gasteiger charge is -2.55. The van der Waals surface area contributed by atoms with Crippen LogP contribution in [0.25, 0.3) is 10.9 Å². The molecule has 4 heterocycles. The predicted octanol–water partition coefficient (Wildman–Crippen LogP) is 3.18. The second-order valence-electron chi connectivity index (χ2n) is 7.77. The average molecular weight is 336 g/mol. The molecule has 25 heavy (non-hydrogen) atoms. The molecule has 1 saturated carbocycles. The molecule has 1 unspecified atom stereocenters. The number of esters is 1. The van der Waals surface area contributed by atoms with E-state index in [9.17, 15) is 4.79 Å². The van der Waals surface area contributed by atoms with Crippen LogP contribution in [0.1, 0.15) is 31.0 Å². The Morgan fingerprint density at radius 3 is 3.04 bits per heavy atom. The third-order valence-corrected chi connectivity index (χ3v) is 6.64. The number of carbonyl (C=O) groups is 1. The monoisotopic (exact) mass is 336 g/mol. The van der Waals surface area contributed by atoms with Crippen LogP contribution in [0.4, 0.5) is 0 Å². The van der Waals surface area contributed by atoms with E-state index < -0.39 is 5.41 Å². The maximum atomic E-state index is 13.2. The van der Waals surface area contributed by atoms with E-state index in [1.807, 2.05) is 0 Å². The van der Waals surface area contributed by atoms with Crippen molar-refractivity contribution in [1.82, 2.24) is 9.88 Å². The number of nitrogens with zero attached hydrogens (tertiary/aromatic N) is 1. The number of carbonyl (C=O) groups excluding carboxylic acids is 1. The van der Waals surface area contributed by atoms with Crippen LogP contribution >= 0.6 is 0 Å². The van der Waals surface area contributed by atoms with Crippen molar-refractivity contribution < 1.29 is 9.53 Å². The summed E-state index contributed by atoms with van der Waals surface area (Å²) in [5.41, 5.74) is 4.36. The van der Waals surface area contributed by atoms with Crippen LogP contribution < -0.4 is 0 Å².